The van der Waals surface area contributed by atoms with E-state index in [2.05, 4.69) is 4.84 Å². The van der Waals surface area contributed by atoms with Crippen LogP contribution in [0.1, 0.15) is 10.4 Å². The van der Waals surface area contributed by atoms with E-state index >= 15 is 0 Å². The molecule has 0 bridgehead atoms. The Morgan fingerprint density at radius 1 is 1.38 bits per heavy atom. The molecule has 0 saturated carbocycles. The SMILES string of the molecule is NOc1cc(C(N)=O)cc(O)c1O. The first kappa shape index (κ1) is 9.14. The van der Waals surface area contributed by atoms with Crippen LogP contribution in [0.2, 0.25) is 0 Å². The van der Waals surface area contributed by atoms with Crippen LogP contribution in [0.4, 0.5) is 0 Å². The van der Waals surface area contributed by atoms with Gasteiger partial charge in [0.15, 0.2) is 11.5 Å². The van der Waals surface area contributed by atoms with Crippen LogP contribution >= 0.6 is 0 Å². The molecule has 6 nitrogen and oxygen atoms in total. The summed E-state index contributed by atoms with van der Waals surface area (Å²) in [6, 6.07) is 2.14. The normalized spacial score (nSPS) is 9.62. The van der Waals surface area contributed by atoms with Gasteiger partial charge in [0, 0.05) is 5.56 Å². The number of amides is 1. The molecule has 0 radical (unpaired) electrons. The highest BCUT2D eigenvalue weighted by molar-refractivity contribution is 5.94. The summed E-state index contributed by atoms with van der Waals surface area (Å²) >= 11 is 0. The van der Waals surface area contributed by atoms with E-state index < -0.39 is 17.4 Å². The molecule has 6 N–H and O–H groups in total. The summed E-state index contributed by atoms with van der Waals surface area (Å²) < 4.78 is 0. The van der Waals surface area contributed by atoms with Gasteiger partial charge in [-0.15, -0.1) is 0 Å². The minimum atomic E-state index is -0.756. The Morgan fingerprint density at radius 3 is 2.46 bits per heavy atom. The molecular weight excluding hydrogens is 176 g/mol. The Hall–Kier alpha value is -1.95. The quantitative estimate of drug-likeness (QED) is 0.363. The number of phenols is 2. The van der Waals surface area contributed by atoms with Gasteiger partial charge in [-0.1, -0.05) is 0 Å². The lowest BCUT2D eigenvalue weighted by Gasteiger charge is -2.05. The first-order valence-electron chi connectivity index (χ1n) is 3.28. The Labute approximate surface area is 73.3 Å². The van der Waals surface area contributed by atoms with Gasteiger partial charge in [0.25, 0.3) is 0 Å². The predicted octanol–water partition coefficient (Wildman–Crippen LogP) is -0.551. The number of nitrogens with two attached hydrogens (primary N) is 2. The van der Waals surface area contributed by atoms with E-state index in [0.717, 1.165) is 12.1 Å². The van der Waals surface area contributed by atoms with Crippen molar-refractivity contribution in [3.63, 3.8) is 0 Å². The summed E-state index contributed by atoms with van der Waals surface area (Å²) in [5.74, 6) is 2.74. The van der Waals surface area contributed by atoms with E-state index in [1.54, 1.807) is 0 Å². The Bertz CT molecular complexity index is 351. The van der Waals surface area contributed by atoms with Crippen molar-refractivity contribution in [1.82, 2.24) is 0 Å². The van der Waals surface area contributed by atoms with Gasteiger partial charge >= 0.3 is 0 Å². The molecule has 0 heterocycles. The second kappa shape index (κ2) is 3.20. The van der Waals surface area contributed by atoms with Crippen LogP contribution in [0.25, 0.3) is 0 Å². The Balaban J connectivity index is 3.30. The van der Waals surface area contributed by atoms with E-state index in [-0.39, 0.29) is 11.3 Å². The molecule has 1 rings (SSSR count). The lowest BCUT2D eigenvalue weighted by atomic mass is 10.2. The van der Waals surface area contributed by atoms with Crippen LogP contribution < -0.4 is 16.5 Å². The zero-order valence-corrected chi connectivity index (χ0v) is 6.52. The molecule has 0 aliphatic heterocycles. The van der Waals surface area contributed by atoms with Crippen LogP contribution in [0.3, 0.4) is 0 Å². The minimum Gasteiger partial charge on any atom is -0.504 e. The van der Waals surface area contributed by atoms with Gasteiger partial charge in [-0.05, 0) is 12.1 Å². The maximum Gasteiger partial charge on any atom is 0.248 e. The zero-order valence-electron chi connectivity index (χ0n) is 6.52. The molecule has 0 aromatic heterocycles. The summed E-state index contributed by atoms with van der Waals surface area (Å²) in [5, 5.41) is 18.2. The van der Waals surface area contributed by atoms with Gasteiger partial charge < -0.3 is 20.8 Å². The highest BCUT2D eigenvalue weighted by Gasteiger charge is 2.12. The molecule has 1 amide bonds. The first-order chi connectivity index (χ1) is 6.06. The highest BCUT2D eigenvalue weighted by atomic mass is 16.6. The van der Waals surface area contributed by atoms with Crippen molar-refractivity contribution in [3.05, 3.63) is 17.7 Å². The maximum absolute atomic E-state index is 10.7. The molecule has 0 unspecified atom stereocenters. The molecule has 70 valence electrons. The molecular formula is C7H8N2O4. The Morgan fingerprint density at radius 2 is 2.00 bits per heavy atom. The lowest BCUT2D eigenvalue weighted by Crippen LogP contribution is -2.11. The molecule has 6 heteroatoms. The average molecular weight is 184 g/mol. The largest absolute Gasteiger partial charge is 0.504 e. The molecule has 1 aromatic rings. The fourth-order valence-electron chi connectivity index (χ4n) is 0.825. The molecule has 0 aliphatic rings. The fourth-order valence-corrected chi connectivity index (χ4v) is 0.825. The van der Waals surface area contributed by atoms with Crippen LogP contribution in [0.5, 0.6) is 17.2 Å². The summed E-state index contributed by atoms with van der Waals surface area (Å²) in [4.78, 5) is 14.9. The monoisotopic (exact) mass is 184 g/mol. The van der Waals surface area contributed by atoms with Crippen LogP contribution in [0, 0.1) is 0 Å². The molecule has 0 aliphatic carbocycles. The van der Waals surface area contributed by atoms with Crippen molar-refractivity contribution < 1.29 is 19.8 Å². The van der Waals surface area contributed by atoms with Gasteiger partial charge in [0.2, 0.25) is 11.7 Å². The topological polar surface area (TPSA) is 119 Å². The number of aromatic hydroxyl groups is 2. The van der Waals surface area contributed by atoms with Crippen LogP contribution in [-0.4, -0.2) is 16.1 Å². The van der Waals surface area contributed by atoms with Gasteiger partial charge in [0.1, 0.15) is 0 Å². The Kier molecular flexibility index (Phi) is 2.25. The summed E-state index contributed by atoms with van der Waals surface area (Å²) in [6.45, 7) is 0. The number of rotatable bonds is 2. The van der Waals surface area contributed by atoms with E-state index in [9.17, 15) is 4.79 Å². The van der Waals surface area contributed by atoms with Gasteiger partial charge in [-0.25, -0.2) is 0 Å². The molecule has 13 heavy (non-hydrogen) atoms. The second-order valence-corrected chi connectivity index (χ2v) is 2.32. The smallest absolute Gasteiger partial charge is 0.248 e. The van der Waals surface area contributed by atoms with E-state index in [1.807, 2.05) is 0 Å². The van der Waals surface area contributed by atoms with Crippen molar-refractivity contribution in [2.75, 3.05) is 0 Å². The number of benzene rings is 1. The number of carbonyl (C=O) groups excluding carboxylic acids is 1. The number of hydrogen-bond acceptors (Lipinski definition) is 5. The third-order valence-electron chi connectivity index (χ3n) is 1.47. The maximum atomic E-state index is 10.7. The van der Waals surface area contributed by atoms with E-state index in [0.29, 0.717) is 0 Å². The third-order valence-corrected chi connectivity index (χ3v) is 1.47. The van der Waals surface area contributed by atoms with Crippen molar-refractivity contribution >= 4 is 5.91 Å². The molecule has 0 spiro atoms. The molecule has 0 saturated heterocycles. The molecule has 0 fully saturated rings. The van der Waals surface area contributed by atoms with Crippen LogP contribution in [0.15, 0.2) is 12.1 Å². The lowest BCUT2D eigenvalue weighted by molar-refractivity contribution is 0.0999. The number of primary amides is 1. The molecule has 0 atom stereocenters. The average Bonchev–Trinajstić information content (AvgIpc) is 2.09. The van der Waals surface area contributed by atoms with Crippen molar-refractivity contribution in [1.29, 1.82) is 0 Å². The third kappa shape index (κ3) is 1.62. The number of phenolic OH excluding ortho intramolecular Hbond substituents is 2. The number of hydrogen-bond donors (Lipinski definition) is 4. The highest BCUT2D eigenvalue weighted by Crippen LogP contribution is 2.35. The summed E-state index contributed by atoms with van der Waals surface area (Å²) in [7, 11) is 0. The van der Waals surface area contributed by atoms with Crippen LogP contribution in [-0.2, 0) is 0 Å². The van der Waals surface area contributed by atoms with Crippen molar-refractivity contribution in [3.8, 4) is 17.2 Å². The number of carbonyl (C=O) groups is 1. The van der Waals surface area contributed by atoms with E-state index in [4.69, 9.17) is 21.8 Å². The van der Waals surface area contributed by atoms with E-state index in [1.165, 1.54) is 0 Å². The predicted molar refractivity (Wildman–Crippen MR) is 43.1 cm³/mol. The minimum absolute atomic E-state index is 0.00394. The summed E-state index contributed by atoms with van der Waals surface area (Å²) in [5.41, 5.74) is 4.92. The van der Waals surface area contributed by atoms with Gasteiger partial charge in [-0.2, -0.15) is 5.90 Å². The van der Waals surface area contributed by atoms with Gasteiger partial charge in [0.05, 0.1) is 0 Å². The second-order valence-electron chi connectivity index (χ2n) is 2.32. The van der Waals surface area contributed by atoms with Crippen molar-refractivity contribution in [2.45, 2.75) is 0 Å². The molecule has 1 aromatic carbocycles. The zero-order chi connectivity index (χ0) is 10.0. The first-order valence-corrected chi connectivity index (χ1v) is 3.28. The van der Waals surface area contributed by atoms with Crippen molar-refractivity contribution in [2.24, 2.45) is 11.6 Å². The fraction of sp³-hybridized carbons (Fsp3) is 0. The standard InChI is InChI=1S/C7H8N2O4/c8-7(12)3-1-4(10)6(11)5(2-3)13-9/h1-2,10-11H,9H2,(H2,8,12). The van der Waals surface area contributed by atoms with Gasteiger partial charge in [-0.3, -0.25) is 4.79 Å². The summed E-state index contributed by atoms with van der Waals surface area (Å²) in [6.07, 6.45) is 0.